The van der Waals surface area contributed by atoms with Gasteiger partial charge < -0.3 is 9.57 Å². The van der Waals surface area contributed by atoms with E-state index in [9.17, 15) is 19.2 Å². The molecular weight excluding hydrogens is 290 g/mol. The minimum absolute atomic E-state index is 0.193. The summed E-state index contributed by atoms with van der Waals surface area (Å²) in [5.74, 6) is -3.81. The average molecular weight is 303 g/mol. The van der Waals surface area contributed by atoms with Crippen molar-refractivity contribution in [3.05, 3.63) is 35.4 Å². The topological polar surface area (TPSA) is 90.0 Å². The van der Waals surface area contributed by atoms with Crippen molar-refractivity contribution in [3.63, 3.8) is 0 Å². The second-order valence-electron chi connectivity index (χ2n) is 5.06. The third-order valence-electron chi connectivity index (χ3n) is 3.62. The molecule has 2 amide bonds. The third kappa shape index (κ3) is 2.24. The van der Waals surface area contributed by atoms with Crippen molar-refractivity contribution in [2.24, 2.45) is 11.8 Å². The summed E-state index contributed by atoms with van der Waals surface area (Å²) in [4.78, 5) is 52.4. The van der Waals surface area contributed by atoms with Crippen molar-refractivity contribution in [2.75, 3.05) is 6.61 Å². The van der Waals surface area contributed by atoms with Crippen LogP contribution in [0.2, 0.25) is 0 Å². The van der Waals surface area contributed by atoms with Crippen LogP contribution < -0.4 is 0 Å². The van der Waals surface area contributed by atoms with E-state index in [1.54, 1.807) is 19.1 Å². The molecule has 0 spiro atoms. The van der Waals surface area contributed by atoms with E-state index in [-0.39, 0.29) is 17.7 Å². The lowest BCUT2D eigenvalue weighted by molar-refractivity contribution is -0.171. The number of fused-ring (bicyclic) bond motifs is 1. The lowest BCUT2D eigenvalue weighted by Crippen LogP contribution is -2.33. The fraction of sp³-hybridized carbons (Fsp3) is 0.333. The first-order valence-corrected chi connectivity index (χ1v) is 6.90. The van der Waals surface area contributed by atoms with Crippen molar-refractivity contribution in [2.45, 2.75) is 13.3 Å². The second-order valence-corrected chi connectivity index (χ2v) is 5.06. The fourth-order valence-electron chi connectivity index (χ4n) is 2.37. The summed E-state index contributed by atoms with van der Waals surface area (Å²) in [5.41, 5.74) is 0.385. The maximum Gasteiger partial charge on any atom is 0.337 e. The number of benzene rings is 1. The van der Waals surface area contributed by atoms with Crippen LogP contribution >= 0.6 is 0 Å². The number of carbonyl (C=O) groups is 4. The Kier molecular flexibility index (Phi) is 3.40. The Morgan fingerprint density at radius 1 is 1.09 bits per heavy atom. The number of hydroxylamine groups is 2. The summed E-state index contributed by atoms with van der Waals surface area (Å²) in [6.07, 6.45) is 0.306. The van der Waals surface area contributed by atoms with Gasteiger partial charge in [0.05, 0.1) is 29.6 Å². The summed E-state index contributed by atoms with van der Waals surface area (Å²) in [5, 5.41) is 0.452. The normalized spacial score (nSPS) is 22.3. The summed E-state index contributed by atoms with van der Waals surface area (Å²) in [6.45, 7) is 1.90. The lowest BCUT2D eigenvalue weighted by atomic mass is 10.1. The minimum Gasteiger partial charge on any atom is -0.466 e. The molecule has 0 aromatic heterocycles. The molecule has 2 atom stereocenters. The van der Waals surface area contributed by atoms with Crippen molar-refractivity contribution >= 4 is 23.8 Å². The molecule has 114 valence electrons. The summed E-state index contributed by atoms with van der Waals surface area (Å²) >= 11 is 0. The van der Waals surface area contributed by atoms with Gasteiger partial charge in [0.25, 0.3) is 11.8 Å². The van der Waals surface area contributed by atoms with Crippen LogP contribution in [-0.4, -0.2) is 35.4 Å². The SMILES string of the molecule is CCOC(=O)[C@@H]1C[C@H]1C(=O)ON1C(=O)c2ccccc2C1=O. The van der Waals surface area contributed by atoms with Crippen LogP contribution in [0.4, 0.5) is 0 Å². The molecule has 1 aliphatic heterocycles. The van der Waals surface area contributed by atoms with Crippen LogP contribution in [0.15, 0.2) is 24.3 Å². The van der Waals surface area contributed by atoms with E-state index >= 15 is 0 Å². The first-order valence-electron chi connectivity index (χ1n) is 6.90. The largest absolute Gasteiger partial charge is 0.466 e. The van der Waals surface area contributed by atoms with Crippen LogP contribution in [-0.2, 0) is 19.2 Å². The molecule has 7 nitrogen and oxygen atoms in total. The number of hydrogen-bond donors (Lipinski definition) is 0. The van der Waals surface area contributed by atoms with Gasteiger partial charge in [-0.15, -0.1) is 0 Å². The summed E-state index contributed by atoms with van der Waals surface area (Å²) < 4.78 is 4.81. The first-order chi connectivity index (χ1) is 10.5. The zero-order valence-electron chi connectivity index (χ0n) is 11.8. The maximum atomic E-state index is 12.0. The standard InChI is InChI=1S/C15H13NO6/c1-2-21-14(19)10-7-11(10)15(20)22-16-12(17)8-5-3-4-6-9(8)13(16)18/h3-6,10-11H,2,7H2,1H3/t10-,11-/m1/s1. The van der Waals surface area contributed by atoms with Crippen molar-refractivity contribution < 1.29 is 28.8 Å². The smallest absolute Gasteiger partial charge is 0.337 e. The van der Waals surface area contributed by atoms with Crippen molar-refractivity contribution in [3.8, 4) is 0 Å². The highest BCUT2D eigenvalue weighted by atomic mass is 16.7. The maximum absolute atomic E-state index is 12.0. The number of amides is 2. The number of ether oxygens (including phenoxy) is 1. The number of nitrogens with zero attached hydrogens (tertiary/aromatic N) is 1. The molecule has 2 aliphatic rings. The summed E-state index contributed by atoms with van der Waals surface area (Å²) in [6, 6.07) is 6.21. The van der Waals surface area contributed by atoms with Gasteiger partial charge in [0, 0.05) is 0 Å². The van der Waals surface area contributed by atoms with Crippen LogP contribution in [0.5, 0.6) is 0 Å². The molecule has 1 aliphatic carbocycles. The zero-order valence-corrected chi connectivity index (χ0v) is 11.8. The Labute approximate surface area is 125 Å². The molecule has 1 saturated carbocycles. The highest BCUT2D eigenvalue weighted by Gasteiger charge is 2.52. The van der Waals surface area contributed by atoms with E-state index in [0.717, 1.165) is 0 Å². The average Bonchev–Trinajstić information content (AvgIpc) is 3.28. The predicted molar refractivity (Wildman–Crippen MR) is 71.3 cm³/mol. The Bertz CT molecular complexity index is 647. The van der Waals surface area contributed by atoms with Crippen LogP contribution in [0.3, 0.4) is 0 Å². The van der Waals surface area contributed by atoms with Gasteiger partial charge in [0.1, 0.15) is 0 Å². The fourth-order valence-corrected chi connectivity index (χ4v) is 2.37. The Morgan fingerprint density at radius 3 is 2.18 bits per heavy atom. The Balaban J connectivity index is 1.66. The third-order valence-corrected chi connectivity index (χ3v) is 3.62. The quantitative estimate of drug-likeness (QED) is 0.607. The molecule has 1 aromatic rings. The number of hydrogen-bond acceptors (Lipinski definition) is 6. The molecule has 7 heteroatoms. The molecule has 0 saturated heterocycles. The molecule has 0 bridgehead atoms. The zero-order chi connectivity index (χ0) is 15.9. The van der Waals surface area contributed by atoms with Gasteiger partial charge in [-0.25, -0.2) is 4.79 Å². The van der Waals surface area contributed by atoms with Gasteiger partial charge >= 0.3 is 11.9 Å². The molecule has 0 N–H and O–H groups in total. The van der Waals surface area contributed by atoms with Gasteiger partial charge in [-0.05, 0) is 25.5 Å². The van der Waals surface area contributed by atoms with Crippen molar-refractivity contribution in [1.29, 1.82) is 0 Å². The highest BCUT2D eigenvalue weighted by molar-refractivity contribution is 6.20. The minimum atomic E-state index is -0.771. The van der Waals surface area contributed by atoms with E-state index in [4.69, 9.17) is 9.57 Å². The van der Waals surface area contributed by atoms with Crippen LogP contribution in [0.1, 0.15) is 34.1 Å². The predicted octanol–water partition coefficient (Wildman–Crippen LogP) is 0.940. The van der Waals surface area contributed by atoms with E-state index < -0.39 is 35.6 Å². The number of rotatable bonds is 4. The second kappa shape index (κ2) is 5.25. The number of imide groups is 1. The molecule has 0 radical (unpaired) electrons. The highest BCUT2D eigenvalue weighted by Crippen LogP contribution is 2.41. The van der Waals surface area contributed by atoms with E-state index in [0.29, 0.717) is 11.5 Å². The van der Waals surface area contributed by atoms with Crippen LogP contribution in [0, 0.1) is 11.8 Å². The molecule has 1 heterocycles. The van der Waals surface area contributed by atoms with E-state index in [1.807, 2.05) is 0 Å². The van der Waals surface area contributed by atoms with Crippen molar-refractivity contribution in [1.82, 2.24) is 5.06 Å². The lowest BCUT2D eigenvalue weighted by Gasteiger charge is -2.12. The molecule has 1 aromatic carbocycles. The molecular formula is C15H13NO6. The first kappa shape index (κ1) is 14.2. The number of carbonyl (C=O) groups excluding carboxylic acids is 4. The van der Waals surface area contributed by atoms with E-state index in [1.165, 1.54) is 12.1 Å². The Hall–Kier alpha value is -2.70. The molecule has 3 rings (SSSR count). The van der Waals surface area contributed by atoms with Crippen LogP contribution in [0.25, 0.3) is 0 Å². The molecule has 1 fully saturated rings. The van der Waals surface area contributed by atoms with E-state index in [2.05, 4.69) is 0 Å². The van der Waals surface area contributed by atoms with Gasteiger partial charge in [-0.3, -0.25) is 14.4 Å². The van der Waals surface area contributed by atoms with Gasteiger partial charge in [-0.1, -0.05) is 17.2 Å². The monoisotopic (exact) mass is 303 g/mol. The Morgan fingerprint density at radius 2 is 1.64 bits per heavy atom. The van der Waals surface area contributed by atoms with Gasteiger partial charge in [0.15, 0.2) is 0 Å². The van der Waals surface area contributed by atoms with Gasteiger partial charge in [-0.2, -0.15) is 0 Å². The molecule has 0 unspecified atom stereocenters. The van der Waals surface area contributed by atoms with Gasteiger partial charge in [0.2, 0.25) is 0 Å². The number of esters is 1. The molecule has 22 heavy (non-hydrogen) atoms. The summed E-state index contributed by atoms with van der Waals surface area (Å²) in [7, 11) is 0.